The first-order valence-corrected chi connectivity index (χ1v) is 10.5. The van der Waals surface area contributed by atoms with Gasteiger partial charge in [0.2, 0.25) is 5.91 Å². The van der Waals surface area contributed by atoms with Crippen LogP contribution in [0.2, 0.25) is 0 Å². The number of likely N-dealkylation sites (tertiary alicyclic amines) is 2. The van der Waals surface area contributed by atoms with Crippen LogP contribution in [-0.4, -0.2) is 67.0 Å². The molecule has 0 radical (unpaired) electrons. The Morgan fingerprint density at radius 1 is 1.17 bits per heavy atom. The second-order valence-electron chi connectivity index (χ2n) is 7.57. The summed E-state index contributed by atoms with van der Waals surface area (Å²) in [5, 5.41) is 9.70. The number of guanidine groups is 1. The van der Waals surface area contributed by atoms with Crippen LogP contribution in [-0.2, 0) is 11.3 Å². The van der Waals surface area contributed by atoms with E-state index in [1.165, 1.54) is 0 Å². The smallest absolute Gasteiger partial charge is 0.321 e. The molecule has 1 atom stereocenters. The van der Waals surface area contributed by atoms with Crippen molar-refractivity contribution in [2.75, 3.05) is 38.5 Å². The van der Waals surface area contributed by atoms with Gasteiger partial charge in [-0.1, -0.05) is 19.1 Å². The topological polar surface area (TPSA) is 89.1 Å². The van der Waals surface area contributed by atoms with Crippen LogP contribution in [0, 0.1) is 0 Å². The van der Waals surface area contributed by atoms with E-state index in [4.69, 9.17) is 0 Å². The Kier molecular flexibility index (Phi) is 9.67. The molecule has 1 unspecified atom stereocenters. The lowest BCUT2D eigenvalue weighted by molar-refractivity contribution is -0.129. The summed E-state index contributed by atoms with van der Waals surface area (Å²) in [5.41, 5.74) is 1.86. The molecule has 30 heavy (non-hydrogen) atoms. The summed E-state index contributed by atoms with van der Waals surface area (Å²) < 4.78 is 0. The summed E-state index contributed by atoms with van der Waals surface area (Å²) in [6.07, 6.45) is 3.62. The molecule has 2 saturated heterocycles. The Labute approximate surface area is 195 Å². The number of nitrogens with zero attached hydrogens (tertiary/aromatic N) is 3. The molecule has 3 amide bonds. The van der Waals surface area contributed by atoms with Crippen molar-refractivity contribution < 1.29 is 9.59 Å². The van der Waals surface area contributed by atoms with Crippen molar-refractivity contribution in [3.63, 3.8) is 0 Å². The fourth-order valence-corrected chi connectivity index (χ4v) is 3.78. The quantitative estimate of drug-likeness (QED) is 0.312. The van der Waals surface area contributed by atoms with Gasteiger partial charge in [0.25, 0.3) is 0 Å². The van der Waals surface area contributed by atoms with Gasteiger partial charge in [-0.3, -0.25) is 9.79 Å². The number of amides is 3. The zero-order valence-corrected chi connectivity index (χ0v) is 20.1. The maximum absolute atomic E-state index is 12.3. The van der Waals surface area contributed by atoms with Crippen molar-refractivity contribution in [2.45, 2.75) is 45.2 Å². The van der Waals surface area contributed by atoms with Gasteiger partial charge in [-0.25, -0.2) is 4.79 Å². The number of rotatable bonds is 5. The summed E-state index contributed by atoms with van der Waals surface area (Å²) >= 11 is 0. The van der Waals surface area contributed by atoms with Crippen LogP contribution in [0.25, 0.3) is 0 Å². The number of hydrogen-bond acceptors (Lipinski definition) is 3. The molecule has 9 heteroatoms. The summed E-state index contributed by atoms with van der Waals surface area (Å²) in [7, 11) is 1.74. The lowest BCUT2D eigenvalue weighted by Crippen LogP contribution is -2.44. The molecule has 2 heterocycles. The van der Waals surface area contributed by atoms with Crippen molar-refractivity contribution in [2.24, 2.45) is 4.99 Å². The summed E-state index contributed by atoms with van der Waals surface area (Å²) in [6, 6.07) is 8.02. The molecule has 0 aliphatic carbocycles. The molecular formula is C21H33IN6O2. The van der Waals surface area contributed by atoms with E-state index in [9.17, 15) is 9.59 Å². The number of benzene rings is 1. The highest BCUT2D eigenvalue weighted by Gasteiger charge is 2.25. The number of halogens is 1. The number of hydrogen-bond donors (Lipinski definition) is 3. The Hall–Kier alpha value is -2.04. The van der Waals surface area contributed by atoms with E-state index in [2.05, 4.69) is 20.9 Å². The molecule has 0 bridgehead atoms. The second kappa shape index (κ2) is 12.0. The molecule has 3 rings (SSSR count). The van der Waals surface area contributed by atoms with Gasteiger partial charge >= 0.3 is 6.03 Å². The van der Waals surface area contributed by atoms with Crippen molar-refractivity contribution in [1.82, 2.24) is 20.4 Å². The predicted molar refractivity (Wildman–Crippen MR) is 130 cm³/mol. The first kappa shape index (κ1) is 24.2. The average Bonchev–Trinajstić information content (AvgIpc) is 3.43. The lowest BCUT2D eigenvalue weighted by atomic mass is 10.2. The molecule has 1 aromatic carbocycles. The zero-order valence-electron chi connectivity index (χ0n) is 17.8. The maximum atomic E-state index is 12.3. The van der Waals surface area contributed by atoms with Gasteiger partial charge in [-0.2, -0.15) is 0 Å². The maximum Gasteiger partial charge on any atom is 0.321 e. The molecule has 3 N–H and O–H groups in total. The molecule has 8 nitrogen and oxygen atoms in total. The predicted octanol–water partition coefficient (Wildman–Crippen LogP) is 2.61. The van der Waals surface area contributed by atoms with Crippen LogP contribution < -0.4 is 16.0 Å². The van der Waals surface area contributed by atoms with Crippen molar-refractivity contribution in [3.05, 3.63) is 29.8 Å². The zero-order chi connectivity index (χ0) is 20.6. The largest absolute Gasteiger partial charge is 0.352 e. The normalized spacial score (nSPS) is 18.7. The average molecular weight is 528 g/mol. The minimum Gasteiger partial charge on any atom is -0.352 e. The van der Waals surface area contributed by atoms with Crippen molar-refractivity contribution in [3.8, 4) is 0 Å². The molecule has 2 fully saturated rings. The SMILES string of the molecule is CCC(=O)N1CCC(NC(=NC)NCc2cccc(NC(=O)N3CCCC3)c2)C1.I. The van der Waals surface area contributed by atoms with Crippen LogP contribution in [0.5, 0.6) is 0 Å². The van der Waals surface area contributed by atoms with E-state index in [1.54, 1.807) is 7.05 Å². The van der Waals surface area contributed by atoms with Crippen LogP contribution in [0.3, 0.4) is 0 Å². The number of carbonyl (C=O) groups is 2. The van der Waals surface area contributed by atoms with E-state index >= 15 is 0 Å². The third kappa shape index (κ3) is 6.75. The molecule has 0 aromatic heterocycles. The standard InChI is InChI=1S/C21H32N6O2.HI/c1-3-19(28)27-12-9-18(15-27)24-20(22-2)23-14-16-7-6-8-17(13-16)25-21(29)26-10-4-5-11-26;/h6-8,13,18H,3-5,9-12,14-15H2,1-2H3,(H,25,29)(H2,22,23,24);1H. The highest BCUT2D eigenvalue weighted by molar-refractivity contribution is 14.0. The Morgan fingerprint density at radius 2 is 1.93 bits per heavy atom. The third-order valence-electron chi connectivity index (χ3n) is 5.44. The summed E-state index contributed by atoms with van der Waals surface area (Å²) in [6.45, 7) is 5.66. The molecule has 1 aromatic rings. The highest BCUT2D eigenvalue weighted by Crippen LogP contribution is 2.14. The molecule has 0 spiro atoms. The van der Waals surface area contributed by atoms with Crippen LogP contribution in [0.1, 0.15) is 38.2 Å². The number of urea groups is 1. The number of anilines is 1. The number of nitrogens with one attached hydrogen (secondary N) is 3. The van der Waals surface area contributed by atoms with Crippen LogP contribution in [0.15, 0.2) is 29.3 Å². The lowest BCUT2D eigenvalue weighted by Gasteiger charge is -2.19. The number of carbonyl (C=O) groups excluding carboxylic acids is 2. The van der Waals surface area contributed by atoms with Crippen molar-refractivity contribution >= 4 is 47.6 Å². The van der Waals surface area contributed by atoms with E-state index in [0.717, 1.165) is 50.1 Å². The number of aliphatic imine (C=N–C) groups is 1. The van der Waals surface area contributed by atoms with Gasteiger partial charge in [-0.15, -0.1) is 24.0 Å². The first-order valence-electron chi connectivity index (χ1n) is 10.5. The van der Waals surface area contributed by atoms with Gasteiger partial charge in [0.15, 0.2) is 5.96 Å². The van der Waals surface area contributed by atoms with Gasteiger partial charge in [0.1, 0.15) is 0 Å². The summed E-state index contributed by atoms with van der Waals surface area (Å²) in [5.74, 6) is 0.914. The fourth-order valence-electron chi connectivity index (χ4n) is 3.78. The van der Waals surface area contributed by atoms with E-state index in [1.807, 2.05) is 41.0 Å². The summed E-state index contributed by atoms with van der Waals surface area (Å²) in [4.78, 5) is 32.2. The van der Waals surface area contributed by atoms with Crippen LogP contribution in [0.4, 0.5) is 10.5 Å². The van der Waals surface area contributed by atoms with Gasteiger partial charge in [0, 0.05) is 57.9 Å². The van der Waals surface area contributed by atoms with Gasteiger partial charge in [-0.05, 0) is 37.0 Å². The second-order valence-corrected chi connectivity index (χ2v) is 7.57. The highest BCUT2D eigenvalue weighted by atomic mass is 127. The third-order valence-corrected chi connectivity index (χ3v) is 5.44. The molecule has 2 aliphatic heterocycles. The van der Waals surface area contributed by atoms with Gasteiger partial charge in [0.05, 0.1) is 0 Å². The molecule has 2 aliphatic rings. The minimum absolute atomic E-state index is 0. The monoisotopic (exact) mass is 528 g/mol. The van der Waals surface area contributed by atoms with E-state index < -0.39 is 0 Å². The minimum atomic E-state index is -0.0301. The first-order chi connectivity index (χ1) is 14.1. The Balaban J connectivity index is 0.00000320. The fraction of sp³-hybridized carbons (Fsp3) is 0.571. The van der Waals surface area contributed by atoms with Gasteiger partial charge < -0.3 is 25.8 Å². The Bertz CT molecular complexity index is 751. The molecular weight excluding hydrogens is 495 g/mol. The molecule has 166 valence electrons. The molecule has 0 saturated carbocycles. The van der Waals surface area contributed by atoms with Crippen molar-refractivity contribution in [1.29, 1.82) is 0 Å². The van der Waals surface area contributed by atoms with E-state index in [-0.39, 0.29) is 42.0 Å². The van der Waals surface area contributed by atoms with Crippen LogP contribution >= 0.6 is 24.0 Å². The van der Waals surface area contributed by atoms with E-state index in [0.29, 0.717) is 25.5 Å². The Morgan fingerprint density at radius 3 is 2.63 bits per heavy atom.